The number of hydrogen-bond acceptors (Lipinski definition) is 9. The first kappa shape index (κ1) is 43.5. The van der Waals surface area contributed by atoms with Gasteiger partial charge in [0.15, 0.2) is 0 Å². The van der Waals surface area contributed by atoms with Crippen molar-refractivity contribution in [3.05, 3.63) is 94.7 Å². The van der Waals surface area contributed by atoms with Crippen molar-refractivity contribution in [1.29, 1.82) is 0 Å². The van der Waals surface area contributed by atoms with Crippen molar-refractivity contribution in [3.8, 4) is 0 Å². The van der Waals surface area contributed by atoms with Gasteiger partial charge in [0, 0.05) is 91.3 Å². The van der Waals surface area contributed by atoms with Crippen molar-refractivity contribution in [2.75, 3.05) is 56.4 Å². The van der Waals surface area contributed by atoms with Gasteiger partial charge in [0.2, 0.25) is 0 Å². The molecular formula is C31H30Br5N7O7S2. The second kappa shape index (κ2) is 17.9. The first-order valence-electron chi connectivity index (χ1n) is 14.4. The van der Waals surface area contributed by atoms with Crippen molar-refractivity contribution in [3.63, 3.8) is 0 Å². The normalized spacial score (nSPS) is 10.6. The van der Waals surface area contributed by atoms with E-state index < -0.39 is 17.1 Å². The Morgan fingerprint density at radius 3 is 1.31 bits per heavy atom. The lowest BCUT2D eigenvalue weighted by Gasteiger charge is -2.10. The van der Waals surface area contributed by atoms with Crippen LogP contribution in [0.2, 0.25) is 0 Å². The highest BCUT2D eigenvalue weighted by atomic mass is 79.9. The number of aromatic nitrogens is 3. The molecule has 0 aliphatic carbocycles. The maximum atomic E-state index is 12.5. The number of hydrogen-bond donors (Lipinski definition) is 1. The Morgan fingerprint density at radius 2 is 0.923 bits per heavy atom. The maximum absolute atomic E-state index is 12.5. The summed E-state index contributed by atoms with van der Waals surface area (Å²) in [5.41, 5.74) is -2.41. The monoisotopic (exact) mass is 1070 g/mol. The fraction of sp³-hybridized carbons (Fsp3) is 0.258. The number of nitrogens with one attached hydrogen (secondary N) is 1. The summed E-state index contributed by atoms with van der Waals surface area (Å²) >= 11 is 18.3. The molecule has 14 nitrogen and oxygen atoms in total. The van der Waals surface area contributed by atoms with E-state index in [-0.39, 0.29) is 23.6 Å². The Labute approximate surface area is 347 Å². The average Bonchev–Trinajstić information content (AvgIpc) is 3.68. The van der Waals surface area contributed by atoms with E-state index in [4.69, 9.17) is 0 Å². The van der Waals surface area contributed by atoms with Crippen LogP contribution in [0, 0.1) is 0 Å². The third-order valence-electron chi connectivity index (χ3n) is 6.76. The number of halogens is 5. The minimum Gasteiger partial charge on any atom is -0.344 e. The molecule has 0 saturated heterocycles. The molecule has 5 rings (SSSR count). The number of carbonyl (C=O) groups excluding carboxylic acids is 4. The number of rotatable bonds is 4. The Morgan fingerprint density at radius 1 is 0.577 bits per heavy atom. The fourth-order valence-corrected chi connectivity index (χ4v) is 9.72. The van der Waals surface area contributed by atoms with E-state index in [1.54, 1.807) is 56.4 Å². The molecule has 0 aliphatic rings. The molecule has 52 heavy (non-hydrogen) atoms. The van der Waals surface area contributed by atoms with Crippen molar-refractivity contribution in [2.45, 2.75) is 0 Å². The van der Waals surface area contributed by atoms with E-state index >= 15 is 0 Å². The summed E-state index contributed by atoms with van der Waals surface area (Å²) in [6.45, 7) is 0. The van der Waals surface area contributed by atoms with Gasteiger partial charge in [0.1, 0.15) is 19.5 Å². The summed E-state index contributed by atoms with van der Waals surface area (Å²) in [6.07, 6.45) is 0. The largest absolute Gasteiger partial charge is 0.357 e. The molecule has 0 radical (unpaired) electrons. The molecule has 0 fully saturated rings. The smallest absolute Gasteiger partial charge is 0.344 e. The van der Waals surface area contributed by atoms with Crippen LogP contribution in [-0.2, 0) is 0 Å². The molecule has 0 unspecified atom stereocenters. The summed E-state index contributed by atoms with van der Waals surface area (Å²) in [6, 6.07) is 9.40. The van der Waals surface area contributed by atoms with Gasteiger partial charge < -0.3 is 19.6 Å². The van der Waals surface area contributed by atoms with Crippen LogP contribution in [0.25, 0.3) is 21.5 Å². The van der Waals surface area contributed by atoms with E-state index in [0.717, 1.165) is 35.0 Å². The number of nitrogens with zero attached hydrogens (tertiary/aromatic N) is 6. The zero-order valence-electron chi connectivity index (χ0n) is 28.6. The third kappa shape index (κ3) is 9.22. The van der Waals surface area contributed by atoms with Gasteiger partial charge in [0.25, 0.3) is 23.6 Å². The highest BCUT2D eigenvalue weighted by molar-refractivity contribution is 9.13. The van der Waals surface area contributed by atoms with E-state index in [0.29, 0.717) is 26.7 Å². The van der Waals surface area contributed by atoms with Crippen LogP contribution in [0.1, 0.15) is 38.7 Å². The van der Waals surface area contributed by atoms with Crippen LogP contribution < -0.4 is 17.1 Å². The average molecular weight is 1080 g/mol. The molecule has 2 aromatic carbocycles. The van der Waals surface area contributed by atoms with Crippen LogP contribution >= 0.6 is 103 Å². The summed E-state index contributed by atoms with van der Waals surface area (Å²) in [5.74, 6) is -0.390. The van der Waals surface area contributed by atoms with Gasteiger partial charge in [-0.15, -0.1) is 22.7 Å². The van der Waals surface area contributed by atoms with Gasteiger partial charge in [0.05, 0.1) is 32.3 Å². The standard InChI is InChI=1S/C14H13Br3N2O2S.C14H16N2O2S.C3HBr2N3O3/c1-18(2)13(20)11-8-6(15)5-7(16)10(17)9(8)12(22-11)14(21)19(3)4;1-15(2)13(17)11-9-7-5-6-8-10(9)12(19-11)14(18)16(3)4;4-7-1(9)6-2(10)8(5)3(7)11/h5H,1-4H3;5-8H,1-4H3;(H,6,9,10). The van der Waals surface area contributed by atoms with Crippen molar-refractivity contribution >= 4 is 148 Å². The Balaban J connectivity index is 0.000000222. The van der Waals surface area contributed by atoms with Crippen LogP contribution in [0.5, 0.6) is 0 Å². The minimum absolute atomic E-state index is 0.0704. The molecule has 0 spiro atoms. The first-order chi connectivity index (χ1) is 24.1. The van der Waals surface area contributed by atoms with E-state index in [2.05, 4.69) is 80.1 Å². The molecule has 1 N–H and O–H groups in total. The highest BCUT2D eigenvalue weighted by Gasteiger charge is 2.27. The SMILES string of the molecule is CN(C)C(=O)c1sc(C(=O)N(C)C)c2c(Br)c(Br)cc(Br)c12.CN(C)C(=O)c1sc(C(=O)N(C)C)c2ccccc12.O=c1[nH]c(=O)n(Br)c(=O)n1Br. The van der Waals surface area contributed by atoms with Crippen molar-refractivity contribution in [2.24, 2.45) is 0 Å². The van der Waals surface area contributed by atoms with Gasteiger partial charge >= 0.3 is 17.1 Å². The van der Waals surface area contributed by atoms with Crippen LogP contribution in [0.15, 0.2) is 58.1 Å². The summed E-state index contributed by atoms with van der Waals surface area (Å²) in [7, 11) is 13.6. The van der Waals surface area contributed by atoms with E-state index in [1.807, 2.05) is 35.3 Å². The lowest BCUT2D eigenvalue weighted by atomic mass is 10.1. The number of benzene rings is 2. The third-order valence-corrected chi connectivity index (χ3v) is 13.0. The number of H-pyrrole nitrogens is 1. The lowest BCUT2D eigenvalue weighted by molar-refractivity contribution is 0.0824. The molecular weight excluding hydrogens is 1050 g/mol. The van der Waals surface area contributed by atoms with Gasteiger partial charge in [-0.1, -0.05) is 40.2 Å². The molecule has 5 aromatic rings. The minimum atomic E-state index is -0.810. The molecule has 0 atom stereocenters. The van der Waals surface area contributed by atoms with Gasteiger partial charge in [-0.05, 0) is 37.9 Å². The van der Waals surface area contributed by atoms with Crippen molar-refractivity contribution < 1.29 is 19.2 Å². The van der Waals surface area contributed by atoms with E-state index in [9.17, 15) is 33.6 Å². The second-order valence-corrected chi connectivity index (χ2v) is 17.3. The number of thiophene rings is 2. The maximum Gasteiger partial charge on any atom is 0.357 e. The number of carbonyl (C=O) groups is 4. The number of aromatic amines is 1. The molecule has 21 heteroatoms. The molecule has 4 amide bonds. The fourth-order valence-electron chi connectivity index (χ4n) is 4.20. The second-order valence-electron chi connectivity index (χ2n) is 11.3. The first-order valence-corrected chi connectivity index (χ1v) is 19.9. The zero-order chi connectivity index (χ0) is 39.5. The van der Waals surface area contributed by atoms with Crippen LogP contribution in [0.4, 0.5) is 0 Å². The Hall–Kier alpha value is -2.95. The predicted octanol–water partition coefficient (Wildman–Crippen LogP) is 5.91. The molecule has 3 aromatic heterocycles. The van der Waals surface area contributed by atoms with Crippen LogP contribution in [-0.4, -0.2) is 112 Å². The summed E-state index contributed by atoms with van der Waals surface area (Å²) in [4.78, 5) is 91.7. The van der Waals surface area contributed by atoms with Crippen LogP contribution in [0.3, 0.4) is 0 Å². The van der Waals surface area contributed by atoms with Crippen molar-refractivity contribution in [1.82, 2.24) is 31.8 Å². The summed E-state index contributed by atoms with van der Waals surface area (Å²) < 4.78 is 3.54. The predicted molar refractivity (Wildman–Crippen MR) is 223 cm³/mol. The molecule has 3 heterocycles. The molecule has 0 aliphatic heterocycles. The van der Waals surface area contributed by atoms with Gasteiger partial charge in [-0.2, -0.15) is 7.19 Å². The quantitative estimate of drug-likeness (QED) is 0.219. The van der Waals surface area contributed by atoms with E-state index in [1.165, 1.54) is 42.3 Å². The van der Waals surface area contributed by atoms with Gasteiger partial charge in [-0.3, -0.25) is 24.2 Å². The number of amides is 4. The molecule has 278 valence electrons. The number of fused-ring (bicyclic) bond motifs is 2. The molecule has 0 saturated carbocycles. The zero-order valence-corrected chi connectivity index (χ0v) is 38.2. The Bertz CT molecular complexity index is 2300. The topological polar surface area (TPSA) is 158 Å². The lowest BCUT2D eigenvalue weighted by Crippen LogP contribution is -2.42. The molecule has 0 bridgehead atoms. The Kier molecular flexibility index (Phi) is 15.0. The summed E-state index contributed by atoms with van der Waals surface area (Å²) in [5, 5.41) is 3.19. The van der Waals surface area contributed by atoms with Gasteiger partial charge in [-0.25, -0.2) is 14.4 Å². The highest BCUT2D eigenvalue weighted by Crippen LogP contribution is 2.44.